The van der Waals surface area contributed by atoms with Gasteiger partial charge in [0.1, 0.15) is 6.26 Å². The second-order valence-corrected chi connectivity index (χ2v) is 3.71. The molecule has 3 nitrogen and oxygen atoms in total. The molecule has 12 heavy (non-hydrogen) atoms. The molecule has 0 radical (unpaired) electrons. The molecule has 0 saturated carbocycles. The molecule has 0 aliphatic carbocycles. The predicted molar refractivity (Wildman–Crippen MR) is 52.7 cm³/mol. The molecule has 1 aromatic rings. The van der Waals surface area contributed by atoms with Gasteiger partial charge in [-0.1, -0.05) is 0 Å². The number of thioether (sulfide) groups is 1. The number of nitrogens with zero attached hydrogens (tertiary/aromatic N) is 1. The zero-order valence-corrected chi connectivity index (χ0v) is 8.44. The Morgan fingerprint density at radius 1 is 1.75 bits per heavy atom. The molecule has 0 spiro atoms. The average Bonchev–Trinajstić information content (AvgIpc) is 2.36. The lowest BCUT2D eigenvalue weighted by Gasteiger charge is -2.09. The van der Waals surface area contributed by atoms with Crippen molar-refractivity contribution in [1.29, 1.82) is 0 Å². The monoisotopic (exact) mass is 186 g/mol. The van der Waals surface area contributed by atoms with E-state index in [4.69, 9.17) is 4.42 Å². The molecular formula is C8H14N2OS. The van der Waals surface area contributed by atoms with E-state index >= 15 is 0 Å². The Bertz CT molecular complexity index is 237. The van der Waals surface area contributed by atoms with Crippen molar-refractivity contribution in [2.24, 2.45) is 0 Å². The first kappa shape index (κ1) is 9.45. The fraction of sp³-hybridized carbons (Fsp3) is 0.625. The van der Waals surface area contributed by atoms with Crippen molar-refractivity contribution in [3.05, 3.63) is 12.0 Å². The zero-order valence-electron chi connectivity index (χ0n) is 7.63. The summed E-state index contributed by atoms with van der Waals surface area (Å²) in [6.07, 6.45) is 3.73. The Labute approximate surface area is 76.9 Å². The van der Waals surface area contributed by atoms with Crippen LogP contribution in [-0.4, -0.2) is 23.0 Å². The van der Waals surface area contributed by atoms with Crippen LogP contribution in [-0.2, 0) is 0 Å². The summed E-state index contributed by atoms with van der Waals surface area (Å²) in [5, 5.41) is 3.16. The Kier molecular flexibility index (Phi) is 3.47. The largest absolute Gasteiger partial charge is 0.432 e. The molecule has 0 bridgehead atoms. The maximum atomic E-state index is 5.15. The fourth-order valence-electron chi connectivity index (χ4n) is 0.923. The van der Waals surface area contributed by atoms with E-state index in [2.05, 4.69) is 23.5 Å². The summed E-state index contributed by atoms with van der Waals surface area (Å²) in [5.74, 6) is 1.06. The van der Waals surface area contributed by atoms with Crippen LogP contribution in [0.3, 0.4) is 0 Å². The second-order valence-electron chi connectivity index (χ2n) is 2.79. The fourth-order valence-corrected chi connectivity index (χ4v) is 1.51. The molecule has 0 aromatic carbocycles. The van der Waals surface area contributed by atoms with E-state index in [1.165, 1.54) is 0 Å². The lowest BCUT2D eigenvalue weighted by molar-refractivity contribution is 0.564. The van der Waals surface area contributed by atoms with Crippen molar-refractivity contribution >= 4 is 17.8 Å². The maximum absolute atomic E-state index is 5.15. The molecule has 1 rings (SSSR count). The molecule has 0 aliphatic heterocycles. The number of aryl methyl sites for hydroxylation is 1. The molecule has 0 aliphatic rings. The number of aromatic nitrogens is 1. The van der Waals surface area contributed by atoms with E-state index in [0.717, 1.165) is 11.4 Å². The summed E-state index contributed by atoms with van der Waals surface area (Å²) in [6, 6.07) is 1.02. The molecule has 1 atom stereocenters. The minimum absolute atomic E-state index is 0.401. The molecule has 1 aromatic heterocycles. The SMILES string of the molecule is CSCC(C)Nc1nc(C)co1. The third-order valence-electron chi connectivity index (χ3n) is 1.41. The maximum Gasteiger partial charge on any atom is 0.294 e. The van der Waals surface area contributed by atoms with Crippen LogP contribution in [0.1, 0.15) is 12.6 Å². The first-order valence-corrected chi connectivity index (χ1v) is 5.29. The highest BCUT2D eigenvalue weighted by molar-refractivity contribution is 7.98. The third-order valence-corrected chi connectivity index (χ3v) is 2.24. The molecule has 1 heterocycles. The number of rotatable bonds is 4. The topological polar surface area (TPSA) is 38.1 Å². The van der Waals surface area contributed by atoms with E-state index in [9.17, 15) is 0 Å². The van der Waals surface area contributed by atoms with Crippen molar-refractivity contribution in [2.75, 3.05) is 17.3 Å². The van der Waals surface area contributed by atoms with E-state index in [1.807, 2.05) is 6.92 Å². The van der Waals surface area contributed by atoms with Crippen molar-refractivity contribution in [1.82, 2.24) is 4.98 Å². The first-order valence-electron chi connectivity index (χ1n) is 3.90. The Morgan fingerprint density at radius 2 is 2.50 bits per heavy atom. The van der Waals surface area contributed by atoms with Crippen LogP contribution < -0.4 is 5.32 Å². The second kappa shape index (κ2) is 4.40. The summed E-state index contributed by atoms with van der Waals surface area (Å²) < 4.78 is 5.15. The Morgan fingerprint density at radius 3 is 3.00 bits per heavy atom. The molecular weight excluding hydrogens is 172 g/mol. The van der Waals surface area contributed by atoms with E-state index in [1.54, 1.807) is 18.0 Å². The van der Waals surface area contributed by atoms with Crippen molar-refractivity contribution in [3.8, 4) is 0 Å². The van der Waals surface area contributed by atoms with Crippen LogP contribution in [0, 0.1) is 6.92 Å². The summed E-state index contributed by atoms with van der Waals surface area (Å²) in [5.41, 5.74) is 0.911. The normalized spacial score (nSPS) is 12.9. The van der Waals surface area contributed by atoms with Crippen LogP contribution in [0.5, 0.6) is 0 Å². The summed E-state index contributed by atoms with van der Waals surface area (Å²) in [4.78, 5) is 4.15. The van der Waals surface area contributed by atoms with E-state index in [0.29, 0.717) is 12.1 Å². The zero-order chi connectivity index (χ0) is 8.97. The van der Waals surface area contributed by atoms with Gasteiger partial charge in [-0.2, -0.15) is 16.7 Å². The van der Waals surface area contributed by atoms with Gasteiger partial charge in [-0.3, -0.25) is 0 Å². The standard InChI is InChI=1S/C8H14N2OS/c1-6-4-11-8(9-6)10-7(2)5-12-3/h4,7H,5H2,1-3H3,(H,9,10). The molecule has 1 N–H and O–H groups in total. The molecule has 1 unspecified atom stereocenters. The third kappa shape index (κ3) is 2.77. The highest BCUT2D eigenvalue weighted by Gasteiger charge is 2.04. The van der Waals surface area contributed by atoms with Crippen LogP contribution in [0.4, 0.5) is 6.01 Å². The van der Waals surface area contributed by atoms with Gasteiger partial charge in [0.15, 0.2) is 0 Å². The summed E-state index contributed by atoms with van der Waals surface area (Å²) in [7, 11) is 0. The highest BCUT2D eigenvalue weighted by atomic mass is 32.2. The lowest BCUT2D eigenvalue weighted by atomic mass is 10.4. The van der Waals surface area contributed by atoms with Crippen LogP contribution in [0.2, 0.25) is 0 Å². The summed E-state index contributed by atoms with van der Waals surface area (Å²) >= 11 is 1.80. The number of anilines is 1. The van der Waals surface area contributed by atoms with Crippen molar-refractivity contribution in [2.45, 2.75) is 19.9 Å². The van der Waals surface area contributed by atoms with E-state index < -0.39 is 0 Å². The highest BCUT2D eigenvalue weighted by Crippen LogP contribution is 2.09. The lowest BCUT2D eigenvalue weighted by Crippen LogP contribution is -2.17. The van der Waals surface area contributed by atoms with Gasteiger partial charge in [-0.25, -0.2) is 0 Å². The van der Waals surface area contributed by atoms with Crippen LogP contribution in [0.25, 0.3) is 0 Å². The van der Waals surface area contributed by atoms with Crippen molar-refractivity contribution in [3.63, 3.8) is 0 Å². The van der Waals surface area contributed by atoms with Gasteiger partial charge in [0.05, 0.1) is 5.69 Å². The quantitative estimate of drug-likeness (QED) is 0.782. The number of nitrogens with one attached hydrogen (secondary N) is 1. The van der Waals surface area contributed by atoms with Crippen molar-refractivity contribution < 1.29 is 4.42 Å². The Balaban J connectivity index is 2.41. The number of hydrogen-bond donors (Lipinski definition) is 1. The summed E-state index contributed by atoms with van der Waals surface area (Å²) in [6.45, 7) is 4.02. The van der Waals surface area contributed by atoms with Crippen LogP contribution in [0.15, 0.2) is 10.7 Å². The minimum Gasteiger partial charge on any atom is -0.432 e. The van der Waals surface area contributed by atoms with Crippen LogP contribution >= 0.6 is 11.8 Å². The minimum atomic E-state index is 0.401. The van der Waals surface area contributed by atoms with E-state index in [-0.39, 0.29) is 0 Å². The smallest absolute Gasteiger partial charge is 0.294 e. The average molecular weight is 186 g/mol. The number of hydrogen-bond acceptors (Lipinski definition) is 4. The van der Waals surface area contributed by atoms with Gasteiger partial charge in [0.25, 0.3) is 6.01 Å². The molecule has 0 fully saturated rings. The predicted octanol–water partition coefficient (Wildman–Crippen LogP) is 2.15. The Hall–Kier alpha value is -0.640. The first-order chi connectivity index (χ1) is 5.72. The molecule has 4 heteroatoms. The molecule has 0 amide bonds. The van der Waals surface area contributed by atoms with Gasteiger partial charge in [0, 0.05) is 11.8 Å². The van der Waals surface area contributed by atoms with Gasteiger partial charge in [-0.05, 0) is 20.1 Å². The molecule has 0 saturated heterocycles. The van der Waals surface area contributed by atoms with Gasteiger partial charge in [0.2, 0.25) is 0 Å². The number of oxazole rings is 1. The van der Waals surface area contributed by atoms with Gasteiger partial charge < -0.3 is 9.73 Å². The van der Waals surface area contributed by atoms with Gasteiger partial charge in [-0.15, -0.1) is 0 Å². The molecule has 68 valence electrons. The van der Waals surface area contributed by atoms with Gasteiger partial charge >= 0.3 is 0 Å².